The first-order valence-electron chi connectivity index (χ1n) is 15.5. The molecule has 0 bridgehead atoms. The lowest BCUT2D eigenvalue weighted by molar-refractivity contribution is -0.200. The first-order chi connectivity index (χ1) is 22.7. The van der Waals surface area contributed by atoms with Gasteiger partial charge in [-0.05, 0) is 65.4 Å². The molecule has 1 amide bonds. The molecule has 5 atom stereocenters. The van der Waals surface area contributed by atoms with E-state index in [1.54, 1.807) is 36.4 Å². The van der Waals surface area contributed by atoms with Crippen LogP contribution in [0.3, 0.4) is 0 Å². The maximum Gasteiger partial charge on any atom is 0.324 e. The van der Waals surface area contributed by atoms with Crippen LogP contribution in [0.5, 0.6) is 0 Å². The minimum absolute atomic E-state index is 0.0120. The van der Waals surface area contributed by atoms with Crippen molar-refractivity contribution in [1.29, 1.82) is 0 Å². The van der Waals surface area contributed by atoms with Crippen LogP contribution in [0.1, 0.15) is 53.2 Å². The number of halogens is 5. The Kier molecular flexibility index (Phi) is 7.23. The highest BCUT2D eigenvalue weighted by molar-refractivity contribution is 6.34. The minimum atomic E-state index is -1.50. The van der Waals surface area contributed by atoms with Gasteiger partial charge in [0.05, 0.1) is 19.4 Å². The summed E-state index contributed by atoms with van der Waals surface area (Å²) in [6.45, 7) is -1.82. The molecule has 4 aromatic carbocycles. The Morgan fingerprint density at radius 2 is 1.36 bits per heavy atom. The average Bonchev–Trinajstić information content (AvgIpc) is 3.49. The quantitative estimate of drug-likeness (QED) is 0.212. The van der Waals surface area contributed by atoms with Gasteiger partial charge >= 0.3 is 5.97 Å². The molecule has 2 saturated heterocycles. The van der Waals surface area contributed by atoms with Crippen LogP contribution >= 0.6 is 34.8 Å². The molecule has 10 heteroatoms. The van der Waals surface area contributed by atoms with E-state index in [0.717, 1.165) is 11.1 Å². The summed E-state index contributed by atoms with van der Waals surface area (Å²) in [5, 5.41) is 4.12. The van der Waals surface area contributed by atoms with E-state index in [1.165, 1.54) is 0 Å². The molecule has 1 aliphatic carbocycles. The number of amides is 1. The zero-order chi connectivity index (χ0) is 32.7. The van der Waals surface area contributed by atoms with Crippen molar-refractivity contribution in [2.24, 2.45) is 5.41 Å². The summed E-state index contributed by atoms with van der Waals surface area (Å²) >= 11 is 19.6. The van der Waals surface area contributed by atoms with Crippen molar-refractivity contribution >= 4 is 52.4 Å². The largest absolute Gasteiger partial charge is 0.454 e. The monoisotopic (exact) mass is 692 g/mol. The van der Waals surface area contributed by atoms with E-state index in [9.17, 15) is 18.4 Å². The number of nitrogens with one attached hydrogen (secondary N) is 1. The number of benzene rings is 4. The Labute approximate surface area is 285 Å². The maximum atomic E-state index is 15.0. The van der Waals surface area contributed by atoms with E-state index in [2.05, 4.69) is 10.2 Å². The van der Waals surface area contributed by atoms with Gasteiger partial charge < -0.3 is 10.1 Å². The van der Waals surface area contributed by atoms with Gasteiger partial charge in [-0.25, -0.2) is 0 Å². The number of carbonyl (C=O) groups excluding carboxylic acids is 2. The molecule has 1 N–H and O–H groups in total. The summed E-state index contributed by atoms with van der Waals surface area (Å²) < 4.78 is 36.3. The fourth-order valence-electron chi connectivity index (χ4n) is 9.27. The normalized spacial score (nSPS) is 28.4. The molecule has 0 unspecified atom stereocenters. The summed E-state index contributed by atoms with van der Waals surface area (Å²) in [5.41, 5.74) is -0.831. The molecule has 8 rings (SSSR count). The van der Waals surface area contributed by atoms with Crippen molar-refractivity contribution in [2.45, 2.75) is 47.9 Å². The number of nitrogens with zero attached hydrogens (tertiary/aromatic N) is 1. The third-order valence-corrected chi connectivity index (χ3v) is 11.5. The second-order valence-electron chi connectivity index (χ2n) is 13.3. The first kappa shape index (κ1) is 30.8. The number of hydrogen-bond donors (Lipinski definition) is 1. The van der Waals surface area contributed by atoms with Crippen molar-refractivity contribution < 1.29 is 23.1 Å². The van der Waals surface area contributed by atoms with Crippen LogP contribution in [0.15, 0.2) is 97.1 Å². The fourth-order valence-corrected chi connectivity index (χ4v) is 9.98. The van der Waals surface area contributed by atoms with Crippen LogP contribution in [0, 0.1) is 5.41 Å². The third kappa shape index (κ3) is 4.22. The number of fused-ring (bicyclic) bond motifs is 5. The Bertz CT molecular complexity index is 1880. The smallest absolute Gasteiger partial charge is 0.324 e. The highest BCUT2D eigenvalue weighted by atomic mass is 35.5. The highest BCUT2D eigenvalue weighted by Crippen LogP contribution is 2.75. The summed E-state index contributed by atoms with van der Waals surface area (Å²) in [6, 6.07) is 27.6. The van der Waals surface area contributed by atoms with E-state index in [1.807, 2.05) is 60.7 Å². The van der Waals surface area contributed by atoms with Gasteiger partial charge in [-0.15, -0.1) is 0 Å². The lowest BCUT2D eigenvalue weighted by Gasteiger charge is -2.64. The van der Waals surface area contributed by atoms with Gasteiger partial charge in [-0.3, -0.25) is 23.3 Å². The Morgan fingerprint density at radius 3 is 1.98 bits per heavy atom. The first-order valence-corrected chi connectivity index (χ1v) is 16.6. The summed E-state index contributed by atoms with van der Waals surface area (Å²) in [7, 11) is 0. The number of cyclic esters (lactones) is 1. The lowest BCUT2D eigenvalue weighted by Crippen LogP contribution is -2.72. The molecule has 3 heterocycles. The van der Waals surface area contributed by atoms with Crippen LogP contribution in [0.4, 0.5) is 14.5 Å². The maximum absolute atomic E-state index is 15.0. The number of hydrogen-bond acceptors (Lipinski definition) is 4. The number of esters is 1. The molecule has 1 saturated carbocycles. The number of morpholine rings is 1. The Hall–Kier alpha value is -3.49. The number of carbonyl (C=O) groups is 2. The number of alkyl halides is 2. The summed E-state index contributed by atoms with van der Waals surface area (Å²) in [4.78, 5) is 31.7. The number of ether oxygens (including phenoxy) is 1. The molecule has 47 heavy (non-hydrogen) atoms. The average molecular weight is 694 g/mol. The number of rotatable bonds is 5. The van der Waals surface area contributed by atoms with Crippen molar-refractivity contribution in [3.63, 3.8) is 0 Å². The van der Waals surface area contributed by atoms with Gasteiger partial charge in [0.25, 0.3) is 0 Å². The van der Waals surface area contributed by atoms with Crippen LogP contribution in [0.25, 0.3) is 0 Å². The van der Waals surface area contributed by atoms with Crippen molar-refractivity contribution in [3.05, 3.63) is 134 Å². The van der Waals surface area contributed by atoms with Crippen LogP contribution in [-0.2, 0) is 19.7 Å². The number of anilines is 1. The molecule has 3 fully saturated rings. The SMILES string of the molecule is O=C1O[C@@H](c2ccccc2)[C@@H](c2ccccc2)N2[C@@H]1[C@H](c1cc(Cl)cc(Cl)c1)[C@@]1(C(=O)Nc3cc(Cl)ccc31)C21CC(CF)(CF)C1. The van der Waals surface area contributed by atoms with Gasteiger partial charge in [0.15, 0.2) is 0 Å². The van der Waals surface area contributed by atoms with Crippen LogP contribution in [-0.4, -0.2) is 41.7 Å². The Morgan fingerprint density at radius 1 is 0.745 bits per heavy atom. The van der Waals surface area contributed by atoms with E-state index < -0.39 is 59.8 Å². The molecule has 0 aromatic heterocycles. The van der Waals surface area contributed by atoms with Crippen LogP contribution < -0.4 is 5.32 Å². The van der Waals surface area contributed by atoms with E-state index in [0.29, 0.717) is 31.9 Å². The molecule has 2 spiro atoms. The second-order valence-corrected chi connectivity index (χ2v) is 14.6. The van der Waals surface area contributed by atoms with Gasteiger partial charge in [0.2, 0.25) is 5.91 Å². The third-order valence-electron chi connectivity index (χ3n) is 10.8. The molecule has 4 aliphatic rings. The molecule has 0 radical (unpaired) electrons. The van der Waals surface area contributed by atoms with Crippen LogP contribution in [0.2, 0.25) is 15.1 Å². The highest BCUT2D eigenvalue weighted by Gasteiger charge is 2.82. The zero-order valence-electron chi connectivity index (χ0n) is 24.9. The summed E-state index contributed by atoms with van der Waals surface area (Å²) in [6.07, 6.45) is -0.804. The van der Waals surface area contributed by atoms with Gasteiger partial charge in [0, 0.05) is 37.6 Å². The molecule has 3 aliphatic heterocycles. The lowest BCUT2D eigenvalue weighted by atomic mass is 9.45. The molecule has 5 nitrogen and oxygen atoms in total. The molecule has 4 aromatic rings. The van der Waals surface area contributed by atoms with Crippen molar-refractivity contribution in [3.8, 4) is 0 Å². The van der Waals surface area contributed by atoms with Gasteiger partial charge in [-0.2, -0.15) is 0 Å². The minimum Gasteiger partial charge on any atom is -0.454 e. The van der Waals surface area contributed by atoms with E-state index in [4.69, 9.17) is 39.5 Å². The molecule has 240 valence electrons. The standard InChI is InChI=1S/C37H29Cl3F2N2O3/c38-24-11-12-27-28(16-24)43-34(46)37(27)29(23-13-25(39)15-26(40)14-23)31-33(45)47-32(22-9-5-2-6-10-22)30(21-7-3-1-4-8-21)44(31)36(37)17-35(18-36,19-41)20-42/h1-16,29-32H,17-20H2,(H,43,46)/t29-,30+,31+,32-,37-/m0/s1. The molecular weight excluding hydrogens is 665 g/mol. The van der Waals surface area contributed by atoms with Gasteiger partial charge in [-0.1, -0.05) is 102 Å². The topological polar surface area (TPSA) is 58.6 Å². The predicted molar refractivity (Wildman–Crippen MR) is 177 cm³/mol. The molecular formula is C37H29Cl3F2N2O3. The van der Waals surface area contributed by atoms with Gasteiger partial charge in [0.1, 0.15) is 17.6 Å². The zero-order valence-corrected chi connectivity index (χ0v) is 27.2. The predicted octanol–water partition coefficient (Wildman–Crippen LogP) is 8.80. The fraction of sp³-hybridized carbons (Fsp3) is 0.297. The summed E-state index contributed by atoms with van der Waals surface area (Å²) in [5.74, 6) is -1.82. The second kappa shape index (κ2) is 11.0. The van der Waals surface area contributed by atoms with Crippen molar-refractivity contribution in [2.75, 3.05) is 18.7 Å². The van der Waals surface area contributed by atoms with E-state index >= 15 is 0 Å². The Balaban J connectivity index is 1.48. The van der Waals surface area contributed by atoms with Crippen molar-refractivity contribution in [1.82, 2.24) is 4.90 Å². The van der Waals surface area contributed by atoms with E-state index in [-0.39, 0.29) is 18.7 Å².